The van der Waals surface area contributed by atoms with Crippen LogP contribution < -0.4 is 10.6 Å². The Morgan fingerprint density at radius 2 is 1.94 bits per heavy atom. The van der Waals surface area contributed by atoms with E-state index in [1.54, 1.807) is 0 Å². The molecular formula is C10H17F3N2O3. The van der Waals surface area contributed by atoms with E-state index in [0.717, 1.165) is 0 Å². The highest BCUT2D eigenvalue weighted by atomic mass is 19.4. The predicted octanol–water partition coefficient (Wildman–Crippen LogP) is 0.596. The smallest absolute Gasteiger partial charge is 0.389 e. The summed E-state index contributed by atoms with van der Waals surface area (Å²) in [5.74, 6) is -1.06. The quantitative estimate of drug-likeness (QED) is 0.525. The molecule has 0 aromatic carbocycles. The Morgan fingerprint density at radius 1 is 1.33 bits per heavy atom. The number of hydrogen-bond donors (Lipinski definition) is 2. The maximum absolute atomic E-state index is 11.8. The number of esters is 1. The molecule has 1 unspecified atom stereocenters. The summed E-state index contributed by atoms with van der Waals surface area (Å²) < 4.78 is 40.0. The highest BCUT2D eigenvalue weighted by Gasteiger charge is 2.26. The summed E-state index contributed by atoms with van der Waals surface area (Å²) in [5.41, 5.74) is 0. The van der Waals surface area contributed by atoms with Crippen molar-refractivity contribution in [2.75, 3.05) is 20.2 Å². The Morgan fingerprint density at radius 3 is 2.39 bits per heavy atom. The van der Waals surface area contributed by atoms with Crippen molar-refractivity contribution in [3.63, 3.8) is 0 Å². The Hall–Kier alpha value is -1.31. The number of hydrogen-bond acceptors (Lipinski definition) is 4. The van der Waals surface area contributed by atoms with Crippen molar-refractivity contribution >= 4 is 11.9 Å². The largest absolute Gasteiger partial charge is 0.467 e. The summed E-state index contributed by atoms with van der Waals surface area (Å²) in [5, 5.41) is 5.00. The van der Waals surface area contributed by atoms with Crippen LogP contribution in [0.1, 0.15) is 19.8 Å². The molecule has 0 saturated carbocycles. The van der Waals surface area contributed by atoms with Crippen molar-refractivity contribution < 1.29 is 27.5 Å². The Bertz CT molecular complexity index is 282. The molecule has 0 aromatic heterocycles. The summed E-state index contributed by atoms with van der Waals surface area (Å²) in [4.78, 5) is 22.0. The van der Waals surface area contributed by atoms with Crippen LogP contribution >= 0.6 is 0 Å². The van der Waals surface area contributed by atoms with Crippen molar-refractivity contribution in [2.24, 2.45) is 0 Å². The number of methoxy groups -OCH3 is 1. The van der Waals surface area contributed by atoms with Gasteiger partial charge in [-0.3, -0.25) is 4.79 Å². The molecule has 8 heteroatoms. The van der Waals surface area contributed by atoms with E-state index in [9.17, 15) is 22.8 Å². The molecule has 18 heavy (non-hydrogen) atoms. The minimum atomic E-state index is -4.18. The average Bonchev–Trinajstić information content (AvgIpc) is 2.24. The van der Waals surface area contributed by atoms with Gasteiger partial charge < -0.3 is 15.4 Å². The van der Waals surface area contributed by atoms with E-state index in [1.807, 2.05) is 0 Å². The Labute approximate surface area is 103 Å². The summed E-state index contributed by atoms with van der Waals surface area (Å²) in [6.45, 7) is 1.37. The number of rotatable bonds is 7. The van der Waals surface area contributed by atoms with Crippen molar-refractivity contribution in [3.8, 4) is 0 Å². The van der Waals surface area contributed by atoms with E-state index in [2.05, 4.69) is 15.4 Å². The van der Waals surface area contributed by atoms with Crippen LogP contribution in [-0.2, 0) is 14.3 Å². The summed E-state index contributed by atoms with van der Waals surface area (Å²) in [7, 11) is 1.17. The summed E-state index contributed by atoms with van der Waals surface area (Å²) in [6, 6.07) is -0.890. The highest BCUT2D eigenvalue weighted by Crippen LogP contribution is 2.20. The lowest BCUT2D eigenvalue weighted by Gasteiger charge is -2.16. The topological polar surface area (TPSA) is 67.4 Å². The lowest BCUT2D eigenvalue weighted by Crippen LogP contribution is -2.47. The number of alkyl halides is 3. The maximum atomic E-state index is 11.8. The molecule has 106 valence electrons. The molecule has 0 aliphatic carbocycles. The molecule has 0 rings (SSSR count). The van der Waals surface area contributed by atoms with Gasteiger partial charge in [0.15, 0.2) is 0 Å². The van der Waals surface area contributed by atoms with Crippen molar-refractivity contribution in [1.29, 1.82) is 0 Å². The average molecular weight is 270 g/mol. The van der Waals surface area contributed by atoms with Crippen LogP contribution in [-0.4, -0.2) is 44.3 Å². The summed E-state index contributed by atoms with van der Waals surface area (Å²) >= 11 is 0. The third-order valence-electron chi connectivity index (χ3n) is 2.03. The van der Waals surface area contributed by atoms with Crippen molar-refractivity contribution in [3.05, 3.63) is 0 Å². The van der Waals surface area contributed by atoms with Crippen LogP contribution in [0.4, 0.5) is 13.2 Å². The first kappa shape index (κ1) is 16.7. The number of nitrogens with one attached hydrogen (secondary N) is 2. The second-order valence-corrected chi connectivity index (χ2v) is 3.70. The molecule has 0 bridgehead atoms. The second kappa shape index (κ2) is 7.91. The van der Waals surface area contributed by atoms with E-state index in [-0.39, 0.29) is 19.5 Å². The number of amides is 1. The molecule has 0 heterocycles. The fourth-order valence-electron chi connectivity index (χ4n) is 1.24. The van der Waals surface area contributed by atoms with Gasteiger partial charge in [-0.15, -0.1) is 0 Å². The molecule has 0 aliphatic heterocycles. The first-order chi connectivity index (χ1) is 8.26. The van der Waals surface area contributed by atoms with Gasteiger partial charge in [0.05, 0.1) is 7.11 Å². The van der Waals surface area contributed by atoms with E-state index in [1.165, 1.54) is 14.0 Å². The molecule has 0 saturated heterocycles. The molecule has 2 N–H and O–H groups in total. The first-order valence-electron chi connectivity index (χ1n) is 5.38. The molecule has 0 aliphatic rings. The van der Waals surface area contributed by atoms with E-state index in [0.29, 0.717) is 0 Å². The SMILES string of the molecule is COC(=O)C(CNCCCC(F)(F)F)NC(C)=O. The van der Waals surface area contributed by atoms with Gasteiger partial charge in [0.1, 0.15) is 6.04 Å². The third-order valence-corrected chi connectivity index (χ3v) is 2.03. The first-order valence-corrected chi connectivity index (χ1v) is 5.38. The number of halogens is 3. The fourth-order valence-corrected chi connectivity index (χ4v) is 1.24. The standard InChI is InChI=1S/C10H17F3N2O3/c1-7(16)15-8(9(17)18-2)6-14-5-3-4-10(11,12)13/h8,14H,3-6H2,1-2H3,(H,15,16). The number of ether oxygens (including phenoxy) is 1. The van der Waals surface area contributed by atoms with Gasteiger partial charge in [-0.25, -0.2) is 4.79 Å². The van der Waals surface area contributed by atoms with Crippen LogP contribution in [0.15, 0.2) is 0 Å². The van der Waals surface area contributed by atoms with Gasteiger partial charge in [-0.1, -0.05) is 0 Å². The second-order valence-electron chi connectivity index (χ2n) is 3.70. The minimum Gasteiger partial charge on any atom is -0.467 e. The lowest BCUT2D eigenvalue weighted by atomic mass is 10.2. The molecule has 5 nitrogen and oxygen atoms in total. The maximum Gasteiger partial charge on any atom is 0.389 e. The van der Waals surface area contributed by atoms with Gasteiger partial charge in [0.25, 0.3) is 0 Å². The van der Waals surface area contributed by atoms with Crippen molar-refractivity contribution in [2.45, 2.75) is 32.0 Å². The zero-order valence-electron chi connectivity index (χ0n) is 10.3. The van der Waals surface area contributed by atoms with E-state index in [4.69, 9.17) is 0 Å². The molecule has 0 radical (unpaired) electrons. The van der Waals surface area contributed by atoms with Crippen molar-refractivity contribution in [1.82, 2.24) is 10.6 Å². The van der Waals surface area contributed by atoms with Crippen LogP contribution in [0.5, 0.6) is 0 Å². The van der Waals surface area contributed by atoms with Gasteiger partial charge in [-0.2, -0.15) is 13.2 Å². The van der Waals surface area contributed by atoms with E-state index < -0.39 is 30.5 Å². The number of carbonyl (C=O) groups is 2. The molecular weight excluding hydrogens is 253 g/mol. The third kappa shape index (κ3) is 8.80. The van der Waals surface area contributed by atoms with Crippen LogP contribution in [0.3, 0.4) is 0 Å². The van der Waals surface area contributed by atoms with Gasteiger partial charge in [0, 0.05) is 19.9 Å². The lowest BCUT2D eigenvalue weighted by molar-refractivity contribution is -0.144. The summed E-state index contributed by atoms with van der Waals surface area (Å²) in [6.07, 6.45) is -5.15. The number of carbonyl (C=O) groups excluding carboxylic acids is 2. The Kier molecular flexibility index (Phi) is 7.33. The Balaban J connectivity index is 3.90. The van der Waals surface area contributed by atoms with Crippen LogP contribution in [0, 0.1) is 0 Å². The van der Waals surface area contributed by atoms with Crippen LogP contribution in [0.2, 0.25) is 0 Å². The zero-order valence-corrected chi connectivity index (χ0v) is 10.3. The highest BCUT2D eigenvalue weighted by molar-refractivity contribution is 5.83. The molecule has 0 spiro atoms. The monoisotopic (exact) mass is 270 g/mol. The van der Waals surface area contributed by atoms with Gasteiger partial charge >= 0.3 is 12.1 Å². The van der Waals surface area contributed by atoms with E-state index >= 15 is 0 Å². The normalized spacial score (nSPS) is 12.9. The minimum absolute atomic E-state index is 0.0319. The van der Waals surface area contributed by atoms with Gasteiger partial charge in [0.2, 0.25) is 5.91 Å². The molecule has 0 aromatic rings. The molecule has 1 atom stereocenters. The zero-order chi connectivity index (χ0) is 14.2. The van der Waals surface area contributed by atoms with Gasteiger partial charge in [-0.05, 0) is 13.0 Å². The predicted molar refractivity (Wildman–Crippen MR) is 57.8 cm³/mol. The molecule has 0 fully saturated rings. The molecule has 1 amide bonds. The fraction of sp³-hybridized carbons (Fsp3) is 0.800. The van der Waals surface area contributed by atoms with Crippen LogP contribution in [0.25, 0.3) is 0 Å².